The Hall–Kier alpha value is -0.613. The fourth-order valence-corrected chi connectivity index (χ4v) is 2.22. The molecule has 4 heteroatoms. The highest BCUT2D eigenvalue weighted by Gasteiger charge is 2.19. The second-order valence-electron chi connectivity index (χ2n) is 5.09. The quantitative estimate of drug-likeness (QED) is 0.432. The van der Waals surface area contributed by atoms with E-state index in [2.05, 4.69) is 26.2 Å². The average Bonchev–Trinajstić information content (AvgIpc) is 2.10. The summed E-state index contributed by atoms with van der Waals surface area (Å²) >= 11 is 0. The number of carbonyl (C=O) groups excluding carboxylic acids is 1. The number of hydrogen-bond donors (Lipinski definition) is 1. The second kappa shape index (κ2) is 6.08. The van der Waals surface area contributed by atoms with Gasteiger partial charge in [0.15, 0.2) is 0 Å². The van der Waals surface area contributed by atoms with Gasteiger partial charge in [-0.1, -0.05) is 32.3 Å². The lowest BCUT2D eigenvalue weighted by atomic mass is 10.3. The van der Waals surface area contributed by atoms with Gasteiger partial charge in [-0.2, -0.15) is 0 Å². The lowest BCUT2D eigenvalue weighted by Crippen LogP contribution is -2.27. The first-order valence-electron chi connectivity index (χ1n) is 5.23. The van der Waals surface area contributed by atoms with E-state index < -0.39 is 14.0 Å². The van der Waals surface area contributed by atoms with Gasteiger partial charge in [0.1, 0.15) is 6.10 Å². The van der Waals surface area contributed by atoms with E-state index in [-0.39, 0.29) is 12.7 Å². The van der Waals surface area contributed by atoms with E-state index >= 15 is 0 Å². The molecule has 0 radical (unpaired) electrons. The number of aliphatic hydroxyl groups is 1. The van der Waals surface area contributed by atoms with Gasteiger partial charge in [-0.05, 0) is 13.3 Å². The second-order valence-corrected chi connectivity index (χ2v) is 10.7. The van der Waals surface area contributed by atoms with E-state index in [1.807, 2.05) is 0 Å². The molecule has 0 saturated heterocycles. The Kier molecular flexibility index (Phi) is 5.83. The van der Waals surface area contributed by atoms with Gasteiger partial charge < -0.3 is 9.84 Å². The van der Waals surface area contributed by atoms with E-state index in [4.69, 9.17) is 9.84 Å². The Bertz CT molecular complexity index is 230. The van der Waals surface area contributed by atoms with Crippen molar-refractivity contribution in [2.45, 2.75) is 45.1 Å². The molecular formula is C11H22O3Si. The molecule has 15 heavy (non-hydrogen) atoms. The van der Waals surface area contributed by atoms with Crippen molar-refractivity contribution in [2.24, 2.45) is 0 Å². The fraction of sp³-hybridized carbons (Fsp3) is 0.727. The molecule has 0 amide bonds. The van der Waals surface area contributed by atoms with Crippen LogP contribution in [0.15, 0.2) is 12.2 Å². The van der Waals surface area contributed by atoms with Crippen LogP contribution in [0.1, 0.15) is 13.3 Å². The number of esters is 1. The van der Waals surface area contributed by atoms with Gasteiger partial charge in [-0.15, -0.1) is 0 Å². The SMILES string of the molecule is C=C(C)C(=O)OC(CO)CC[Si](C)(C)C. The summed E-state index contributed by atoms with van der Waals surface area (Å²) in [7, 11) is -1.14. The van der Waals surface area contributed by atoms with E-state index in [1.54, 1.807) is 6.92 Å². The summed E-state index contributed by atoms with van der Waals surface area (Å²) in [5.41, 5.74) is 0.376. The molecule has 1 atom stereocenters. The summed E-state index contributed by atoms with van der Waals surface area (Å²) < 4.78 is 5.09. The van der Waals surface area contributed by atoms with Crippen LogP contribution in [0.5, 0.6) is 0 Å². The topological polar surface area (TPSA) is 46.5 Å². The molecule has 0 aromatic rings. The van der Waals surface area contributed by atoms with Gasteiger partial charge in [0.25, 0.3) is 0 Å². The zero-order valence-electron chi connectivity index (χ0n) is 10.2. The largest absolute Gasteiger partial charge is 0.457 e. The van der Waals surface area contributed by atoms with Gasteiger partial charge in [-0.25, -0.2) is 4.79 Å². The van der Waals surface area contributed by atoms with Crippen LogP contribution in [0.3, 0.4) is 0 Å². The standard InChI is InChI=1S/C11H22O3Si/c1-9(2)11(13)14-10(8-12)6-7-15(3,4)5/h10,12H,1,6-8H2,2-5H3. The minimum atomic E-state index is -1.14. The summed E-state index contributed by atoms with van der Waals surface area (Å²) in [5, 5.41) is 9.06. The van der Waals surface area contributed by atoms with E-state index in [0.29, 0.717) is 5.57 Å². The van der Waals surface area contributed by atoms with Crippen LogP contribution in [0, 0.1) is 0 Å². The van der Waals surface area contributed by atoms with Crippen molar-refractivity contribution in [3.05, 3.63) is 12.2 Å². The fourth-order valence-electron chi connectivity index (χ4n) is 1.03. The molecule has 88 valence electrons. The maximum atomic E-state index is 11.2. The zero-order chi connectivity index (χ0) is 12.1. The smallest absolute Gasteiger partial charge is 0.333 e. The molecule has 0 heterocycles. The van der Waals surface area contributed by atoms with E-state index in [0.717, 1.165) is 12.5 Å². The van der Waals surface area contributed by atoms with Crippen LogP contribution in [0.4, 0.5) is 0 Å². The predicted molar refractivity (Wildman–Crippen MR) is 64.5 cm³/mol. The highest BCUT2D eigenvalue weighted by atomic mass is 28.3. The number of hydrogen-bond acceptors (Lipinski definition) is 3. The molecule has 0 aromatic carbocycles. The van der Waals surface area contributed by atoms with Gasteiger partial charge in [0, 0.05) is 13.6 Å². The van der Waals surface area contributed by atoms with Crippen LogP contribution >= 0.6 is 0 Å². The molecule has 0 spiro atoms. The van der Waals surface area contributed by atoms with E-state index in [9.17, 15) is 4.79 Å². The molecular weight excluding hydrogens is 208 g/mol. The molecule has 0 aromatic heterocycles. The first-order chi connectivity index (χ1) is 6.76. The first-order valence-corrected chi connectivity index (χ1v) is 8.94. The van der Waals surface area contributed by atoms with Crippen molar-refractivity contribution in [1.29, 1.82) is 0 Å². The van der Waals surface area contributed by atoms with Crippen molar-refractivity contribution in [2.75, 3.05) is 6.61 Å². The highest BCUT2D eigenvalue weighted by molar-refractivity contribution is 6.76. The Morgan fingerprint density at radius 2 is 2.00 bits per heavy atom. The lowest BCUT2D eigenvalue weighted by molar-refractivity contribution is -0.146. The summed E-state index contributed by atoms with van der Waals surface area (Å²) in [6.07, 6.45) is 0.367. The van der Waals surface area contributed by atoms with Crippen molar-refractivity contribution in [3.63, 3.8) is 0 Å². The van der Waals surface area contributed by atoms with Crippen LogP contribution in [0.25, 0.3) is 0 Å². The van der Waals surface area contributed by atoms with Gasteiger partial charge in [-0.3, -0.25) is 0 Å². The molecule has 3 nitrogen and oxygen atoms in total. The molecule has 0 aliphatic heterocycles. The average molecular weight is 230 g/mol. The summed E-state index contributed by atoms with van der Waals surface area (Å²) in [6.45, 7) is 11.8. The van der Waals surface area contributed by atoms with Crippen molar-refractivity contribution < 1.29 is 14.6 Å². The molecule has 0 aliphatic rings. The third-order valence-electron chi connectivity index (χ3n) is 2.04. The molecule has 0 aliphatic carbocycles. The Morgan fingerprint density at radius 3 is 2.33 bits per heavy atom. The lowest BCUT2D eigenvalue weighted by Gasteiger charge is -2.20. The Morgan fingerprint density at radius 1 is 1.47 bits per heavy atom. The van der Waals surface area contributed by atoms with Crippen molar-refractivity contribution in [3.8, 4) is 0 Å². The summed E-state index contributed by atoms with van der Waals surface area (Å²) in [5.74, 6) is -0.412. The number of aliphatic hydroxyl groups excluding tert-OH is 1. The maximum Gasteiger partial charge on any atom is 0.333 e. The van der Waals surface area contributed by atoms with Crippen LogP contribution in [0.2, 0.25) is 25.7 Å². The first kappa shape index (κ1) is 14.4. The molecule has 1 N–H and O–H groups in total. The molecule has 0 fully saturated rings. The minimum Gasteiger partial charge on any atom is -0.457 e. The van der Waals surface area contributed by atoms with Crippen LogP contribution in [-0.2, 0) is 9.53 Å². The zero-order valence-corrected chi connectivity index (χ0v) is 11.2. The molecule has 0 bridgehead atoms. The Labute approximate surface area is 93.1 Å². The van der Waals surface area contributed by atoms with Crippen molar-refractivity contribution >= 4 is 14.0 Å². The molecule has 0 saturated carbocycles. The predicted octanol–water partition coefficient (Wildman–Crippen LogP) is 2.19. The highest BCUT2D eigenvalue weighted by Crippen LogP contribution is 2.15. The minimum absolute atomic E-state index is 0.108. The van der Waals surface area contributed by atoms with Crippen LogP contribution < -0.4 is 0 Å². The van der Waals surface area contributed by atoms with Gasteiger partial charge in [0.05, 0.1) is 6.61 Å². The Balaban J connectivity index is 4.04. The van der Waals surface area contributed by atoms with Crippen molar-refractivity contribution in [1.82, 2.24) is 0 Å². The number of carbonyl (C=O) groups is 1. The number of rotatable bonds is 6. The normalized spacial score (nSPS) is 13.4. The third-order valence-corrected chi connectivity index (χ3v) is 3.83. The van der Waals surface area contributed by atoms with Gasteiger partial charge >= 0.3 is 5.97 Å². The molecule has 0 rings (SSSR count). The monoisotopic (exact) mass is 230 g/mol. The van der Waals surface area contributed by atoms with Crippen LogP contribution in [-0.4, -0.2) is 31.9 Å². The maximum absolute atomic E-state index is 11.2. The third kappa shape index (κ3) is 7.33. The van der Waals surface area contributed by atoms with E-state index in [1.165, 1.54) is 0 Å². The summed E-state index contributed by atoms with van der Waals surface area (Å²) in [6, 6.07) is 1.04. The van der Waals surface area contributed by atoms with Gasteiger partial charge in [0.2, 0.25) is 0 Å². The molecule has 1 unspecified atom stereocenters. The summed E-state index contributed by atoms with van der Waals surface area (Å²) in [4.78, 5) is 11.2. The number of ether oxygens (including phenoxy) is 1.